The average molecular weight is 435 g/mol. The van der Waals surface area contributed by atoms with Gasteiger partial charge >= 0.3 is 0 Å². The molecule has 0 aliphatic carbocycles. The van der Waals surface area contributed by atoms with Gasteiger partial charge < -0.3 is 10.1 Å². The third kappa shape index (κ3) is 5.65. The van der Waals surface area contributed by atoms with Gasteiger partial charge in [-0.15, -0.1) is 0 Å². The van der Waals surface area contributed by atoms with Gasteiger partial charge in [-0.3, -0.25) is 14.5 Å². The normalized spacial score (nSPS) is 14.4. The third-order valence-electron chi connectivity index (χ3n) is 5.56. The second kappa shape index (κ2) is 10.6. The first kappa shape index (κ1) is 23.7. The first-order valence-corrected chi connectivity index (χ1v) is 11.4. The molecular weight excluding hydrogens is 400 g/mol. The molecule has 32 heavy (non-hydrogen) atoms. The van der Waals surface area contributed by atoms with Crippen LogP contribution in [0.2, 0.25) is 0 Å². The molecule has 1 N–H and O–H groups in total. The summed E-state index contributed by atoms with van der Waals surface area (Å²) >= 11 is 0. The average Bonchev–Trinajstić information content (AvgIpc) is 3.00. The predicted molar refractivity (Wildman–Crippen MR) is 129 cm³/mol. The van der Waals surface area contributed by atoms with Crippen LogP contribution < -0.4 is 5.32 Å². The van der Waals surface area contributed by atoms with Crippen molar-refractivity contribution in [1.82, 2.24) is 4.90 Å². The van der Waals surface area contributed by atoms with Crippen molar-refractivity contribution < 1.29 is 14.3 Å². The molecule has 5 nitrogen and oxygen atoms in total. The number of ether oxygens (including phenoxy) is 1. The van der Waals surface area contributed by atoms with Gasteiger partial charge in [0.1, 0.15) is 5.70 Å². The topological polar surface area (TPSA) is 58.6 Å². The lowest BCUT2D eigenvalue weighted by Crippen LogP contribution is -2.34. The highest BCUT2D eigenvalue weighted by Gasteiger charge is 2.38. The van der Waals surface area contributed by atoms with E-state index in [0.717, 1.165) is 24.1 Å². The first-order valence-electron chi connectivity index (χ1n) is 11.4. The smallest absolute Gasteiger partial charge is 0.278 e. The summed E-state index contributed by atoms with van der Waals surface area (Å²) in [6.07, 6.45) is 2.72. The van der Waals surface area contributed by atoms with Crippen molar-refractivity contribution >= 4 is 23.1 Å². The molecule has 1 aliphatic rings. The molecule has 0 saturated carbocycles. The minimum Gasteiger partial charge on any atom is -0.381 e. The number of amides is 2. The second-order valence-electron chi connectivity index (χ2n) is 9.15. The summed E-state index contributed by atoms with van der Waals surface area (Å²) in [6, 6.07) is 17.4. The van der Waals surface area contributed by atoms with Gasteiger partial charge in [-0.25, -0.2) is 0 Å². The monoisotopic (exact) mass is 434 g/mol. The lowest BCUT2D eigenvalue weighted by molar-refractivity contribution is -0.137. The highest BCUT2D eigenvalue weighted by atomic mass is 16.5. The molecule has 0 saturated heterocycles. The van der Waals surface area contributed by atoms with Crippen LogP contribution in [0.15, 0.2) is 60.3 Å². The molecule has 2 aromatic rings. The van der Waals surface area contributed by atoms with Crippen LogP contribution in [0.1, 0.15) is 58.1 Å². The first-order chi connectivity index (χ1) is 15.3. The molecule has 0 radical (unpaired) electrons. The Hall–Kier alpha value is -2.92. The molecule has 1 heterocycles. The molecule has 0 fully saturated rings. The summed E-state index contributed by atoms with van der Waals surface area (Å²) in [7, 11) is 0. The zero-order valence-electron chi connectivity index (χ0n) is 19.6. The van der Waals surface area contributed by atoms with E-state index >= 15 is 0 Å². The van der Waals surface area contributed by atoms with Crippen LogP contribution in [0.25, 0.3) is 5.57 Å². The van der Waals surface area contributed by atoms with E-state index in [9.17, 15) is 9.59 Å². The van der Waals surface area contributed by atoms with Crippen LogP contribution in [-0.4, -0.2) is 36.5 Å². The molecule has 5 heteroatoms. The number of carbonyl (C=O) groups is 2. The van der Waals surface area contributed by atoms with Crippen LogP contribution in [-0.2, 0) is 19.7 Å². The number of anilines is 1. The van der Waals surface area contributed by atoms with Gasteiger partial charge in [-0.05, 0) is 41.5 Å². The van der Waals surface area contributed by atoms with E-state index < -0.39 is 0 Å². The van der Waals surface area contributed by atoms with Gasteiger partial charge in [0.2, 0.25) is 0 Å². The van der Waals surface area contributed by atoms with E-state index in [4.69, 9.17) is 4.74 Å². The Morgan fingerprint density at radius 3 is 2.16 bits per heavy atom. The Morgan fingerprint density at radius 1 is 0.875 bits per heavy atom. The molecule has 1 aliphatic heterocycles. The SMILES string of the molecule is CCCCOCCCN1C(=O)C(Nc2ccc(C(C)(C)C)cc2)=C(c2ccccc2)C1=O. The molecule has 0 atom stereocenters. The molecule has 2 amide bonds. The molecule has 0 spiro atoms. The van der Waals surface area contributed by atoms with Crippen LogP contribution in [0, 0.1) is 0 Å². The molecule has 170 valence electrons. The number of imide groups is 1. The molecule has 0 unspecified atom stereocenters. The van der Waals surface area contributed by atoms with Crippen LogP contribution >= 0.6 is 0 Å². The highest BCUT2D eigenvalue weighted by Crippen LogP contribution is 2.31. The second-order valence-corrected chi connectivity index (χ2v) is 9.15. The quantitative estimate of drug-likeness (QED) is 0.403. The van der Waals surface area contributed by atoms with E-state index in [-0.39, 0.29) is 17.2 Å². The number of unbranched alkanes of at least 4 members (excludes halogenated alkanes) is 1. The zero-order chi connectivity index (χ0) is 23.1. The van der Waals surface area contributed by atoms with Crippen LogP contribution in [0.5, 0.6) is 0 Å². The van der Waals surface area contributed by atoms with Crippen LogP contribution in [0.3, 0.4) is 0 Å². The third-order valence-corrected chi connectivity index (χ3v) is 5.56. The molecule has 0 aromatic heterocycles. The fraction of sp³-hybridized carbons (Fsp3) is 0.407. The van der Waals surface area contributed by atoms with Gasteiger partial charge in [0, 0.05) is 25.4 Å². The van der Waals surface area contributed by atoms with E-state index in [0.29, 0.717) is 37.4 Å². The Bertz CT molecular complexity index is 957. The van der Waals surface area contributed by atoms with E-state index in [2.05, 4.69) is 45.1 Å². The van der Waals surface area contributed by atoms with Crippen molar-refractivity contribution in [1.29, 1.82) is 0 Å². The number of nitrogens with one attached hydrogen (secondary N) is 1. The Labute approximate surface area is 191 Å². The number of hydrogen-bond donors (Lipinski definition) is 1. The van der Waals surface area contributed by atoms with Gasteiger partial charge in [0.05, 0.1) is 5.57 Å². The fourth-order valence-corrected chi connectivity index (χ4v) is 3.64. The maximum absolute atomic E-state index is 13.2. The van der Waals surface area contributed by atoms with Gasteiger partial charge in [-0.1, -0.05) is 76.6 Å². The van der Waals surface area contributed by atoms with Crippen molar-refractivity contribution in [2.75, 3.05) is 25.1 Å². The number of carbonyl (C=O) groups excluding carboxylic acids is 2. The zero-order valence-corrected chi connectivity index (χ0v) is 19.6. The summed E-state index contributed by atoms with van der Waals surface area (Å²) in [4.78, 5) is 27.8. The number of benzene rings is 2. The molecule has 3 rings (SSSR count). The van der Waals surface area contributed by atoms with Gasteiger partial charge in [-0.2, -0.15) is 0 Å². The fourth-order valence-electron chi connectivity index (χ4n) is 3.64. The van der Waals surface area contributed by atoms with Crippen molar-refractivity contribution in [3.63, 3.8) is 0 Å². The minimum atomic E-state index is -0.290. The van der Waals surface area contributed by atoms with E-state index in [1.807, 2.05) is 42.5 Å². The number of rotatable bonds is 10. The maximum atomic E-state index is 13.2. The van der Waals surface area contributed by atoms with Crippen molar-refractivity contribution in [2.24, 2.45) is 0 Å². The standard InChI is InChI=1S/C27H34N2O3/c1-5-6-18-32-19-10-17-29-25(30)23(20-11-8-7-9-12-20)24(26(29)31)28-22-15-13-21(14-16-22)27(2,3)4/h7-9,11-16,28H,5-6,10,17-19H2,1-4H3. The molecule has 0 bridgehead atoms. The lowest BCUT2D eigenvalue weighted by atomic mass is 9.87. The summed E-state index contributed by atoms with van der Waals surface area (Å²) in [5.41, 5.74) is 3.52. The minimum absolute atomic E-state index is 0.0438. The van der Waals surface area contributed by atoms with Gasteiger partial charge in [0.25, 0.3) is 11.8 Å². The molecular formula is C27H34N2O3. The maximum Gasteiger partial charge on any atom is 0.278 e. The Balaban J connectivity index is 1.80. The van der Waals surface area contributed by atoms with Gasteiger partial charge in [0.15, 0.2) is 0 Å². The summed E-state index contributed by atoms with van der Waals surface area (Å²) in [5, 5.41) is 3.23. The molecule has 2 aromatic carbocycles. The van der Waals surface area contributed by atoms with E-state index in [1.165, 1.54) is 10.5 Å². The number of hydrogen-bond acceptors (Lipinski definition) is 4. The van der Waals surface area contributed by atoms with Crippen molar-refractivity contribution in [2.45, 2.75) is 52.4 Å². The van der Waals surface area contributed by atoms with Crippen molar-refractivity contribution in [3.05, 3.63) is 71.4 Å². The van der Waals surface area contributed by atoms with Crippen molar-refractivity contribution in [3.8, 4) is 0 Å². The van der Waals surface area contributed by atoms with Crippen LogP contribution in [0.4, 0.5) is 5.69 Å². The highest BCUT2D eigenvalue weighted by molar-refractivity contribution is 6.36. The Kier molecular flexibility index (Phi) is 7.86. The Morgan fingerprint density at radius 2 is 1.53 bits per heavy atom. The van der Waals surface area contributed by atoms with E-state index in [1.54, 1.807) is 0 Å². The summed E-state index contributed by atoms with van der Waals surface area (Å²) in [6.45, 7) is 10.2. The predicted octanol–water partition coefficient (Wildman–Crippen LogP) is 5.38. The summed E-state index contributed by atoms with van der Waals surface area (Å²) < 4.78 is 5.60. The number of nitrogens with zero attached hydrogens (tertiary/aromatic N) is 1. The lowest BCUT2D eigenvalue weighted by Gasteiger charge is -2.19. The largest absolute Gasteiger partial charge is 0.381 e. The summed E-state index contributed by atoms with van der Waals surface area (Å²) in [5.74, 6) is -0.550.